The molecule has 0 atom stereocenters. The van der Waals surface area contributed by atoms with Crippen LogP contribution in [0.25, 0.3) is 0 Å². The lowest BCUT2D eigenvalue weighted by molar-refractivity contribution is -0.119. The van der Waals surface area contributed by atoms with E-state index in [-0.39, 0.29) is 6.61 Å². The number of benzene rings is 2. The number of anilines is 1. The number of ether oxygens (including phenoxy) is 1. The standard InChI is InChI=1S/C19H18N2O3/c1-12-8-13(2)18(14(3)9-12)19(23)24-11-17(22)21-16-6-4-15(10-20)5-7-16/h4-9H,11H2,1-3H3,(H,21,22). The Balaban J connectivity index is 1.96. The Labute approximate surface area is 140 Å². The van der Waals surface area contributed by atoms with Crippen LogP contribution in [-0.2, 0) is 9.53 Å². The second kappa shape index (κ2) is 7.42. The van der Waals surface area contributed by atoms with Gasteiger partial charge in [-0.05, 0) is 56.2 Å². The molecule has 0 saturated carbocycles. The van der Waals surface area contributed by atoms with E-state index in [1.165, 1.54) is 0 Å². The predicted octanol–water partition coefficient (Wildman–Crippen LogP) is 3.28. The Morgan fingerprint density at radius 2 is 1.67 bits per heavy atom. The highest BCUT2D eigenvalue weighted by Crippen LogP contribution is 2.17. The lowest BCUT2D eigenvalue weighted by Crippen LogP contribution is -2.21. The van der Waals surface area contributed by atoms with Gasteiger partial charge in [0.2, 0.25) is 0 Å². The number of nitrogens with one attached hydrogen (secondary N) is 1. The van der Waals surface area contributed by atoms with E-state index >= 15 is 0 Å². The summed E-state index contributed by atoms with van der Waals surface area (Å²) in [4.78, 5) is 24.1. The average molecular weight is 322 g/mol. The number of esters is 1. The van der Waals surface area contributed by atoms with Crippen molar-refractivity contribution in [2.45, 2.75) is 20.8 Å². The second-order valence-corrected chi connectivity index (χ2v) is 5.59. The SMILES string of the molecule is Cc1cc(C)c(C(=O)OCC(=O)Nc2ccc(C#N)cc2)c(C)c1. The van der Waals surface area contributed by atoms with Gasteiger partial charge in [0, 0.05) is 5.69 Å². The average Bonchev–Trinajstić information content (AvgIpc) is 2.52. The van der Waals surface area contributed by atoms with Gasteiger partial charge in [-0.15, -0.1) is 0 Å². The Kier molecular flexibility index (Phi) is 5.33. The summed E-state index contributed by atoms with van der Waals surface area (Å²) < 4.78 is 5.11. The van der Waals surface area contributed by atoms with E-state index in [1.807, 2.05) is 39.0 Å². The summed E-state index contributed by atoms with van der Waals surface area (Å²) in [5.74, 6) is -0.949. The number of hydrogen-bond acceptors (Lipinski definition) is 4. The van der Waals surface area contributed by atoms with Gasteiger partial charge in [-0.3, -0.25) is 4.79 Å². The smallest absolute Gasteiger partial charge is 0.339 e. The van der Waals surface area contributed by atoms with E-state index in [1.54, 1.807) is 24.3 Å². The molecule has 0 aliphatic carbocycles. The summed E-state index contributed by atoms with van der Waals surface area (Å²) in [6, 6.07) is 12.2. The van der Waals surface area contributed by atoms with Crippen LogP contribution < -0.4 is 5.32 Å². The van der Waals surface area contributed by atoms with Crippen LogP contribution in [0.15, 0.2) is 36.4 Å². The zero-order valence-corrected chi connectivity index (χ0v) is 13.8. The number of aryl methyl sites for hydroxylation is 3. The fraction of sp³-hybridized carbons (Fsp3) is 0.211. The molecule has 0 bridgehead atoms. The van der Waals surface area contributed by atoms with Gasteiger partial charge in [-0.2, -0.15) is 5.26 Å². The molecule has 0 radical (unpaired) electrons. The maximum absolute atomic E-state index is 12.2. The van der Waals surface area contributed by atoms with E-state index in [9.17, 15) is 9.59 Å². The summed E-state index contributed by atoms with van der Waals surface area (Å²) in [5, 5.41) is 11.3. The molecular weight excluding hydrogens is 304 g/mol. The maximum Gasteiger partial charge on any atom is 0.339 e. The van der Waals surface area contributed by atoms with Crippen molar-refractivity contribution in [3.63, 3.8) is 0 Å². The molecule has 5 heteroatoms. The van der Waals surface area contributed by atoms with Gasteiger partial charge in [-0.1, -0.05) is 17.7 Å². The molecule has 0 spiro atoms. The lowest BCUT2D eigenvalue weighted by Gasteiger charge is -2.11. The summed E-state index contributed by atoms with van der Waals surface area (Å²) in [6.07, 6.45) is 0. The van der Waals surface area contributed by atoms with Crippen LogP contribution in [0.3, 0.4) is 0 Å². The summed E-state index contributed by atoms with van der Waals surface area (Å²) in [7, 11) is 0. The molecule has 2 aromatic carbocycles. The Morgan fingerprint density at radius 1 is 1.08 bits per heavy atom. The van der Waals surface area contributed by atoms with Crippen molar-refractivity contribution in [2.24, 2.45) is 0 Å². The van der Waals surface area contributed by atoms with Crippen LogP contribution in [0.5, 0.6) is 0 Å². The molecular formula is C19H18N2O3. The molecule has 2 rings (SSSR count). The number of nitrogens with zero attached hydrogens (tertiary/aromatic N) is 1. The van der Waals surface area contributed by atoms with Crippen molar-refractivity contribution in [2.75, 3.05) is 11.9 Å². The molecule has 2 aromatic rings. The lowest BCUT2D eigenvalue weighted by atomic mass is 10.00. The van der Waals surface area contributed by atoms with Crippen molar-refractivity contribution in [1.82, 2.24) is 0 Å². The van der Waals surface area contributed by atoms with Gasteiger partial charge < -0.3 is 10.1 Å². The maximum atomic E-state index is 12.2. The fourth-order valence-electron chi connectivity index (χ4n) is 2.53. The first kappa shape index (κ1) is 17.2. The molecule has 122 valence electrons. The Morgan fingerprint density at radius 3 is 2.21 bits per heavy atom. The fourth-order valence-corrected chi connectivity index (χ4v) is 2.53. The topological polar surface area (TPSA) is 79.2 Å². The number of carbonyl (C=O) groups excluding carboxylic acids is 2. The largest absolute Gasteiger partial charge is 0.452 e. The zero-order chi connectivity index (χ0) is 17.7. The third-order valence-corrected chi connectivity index (χ3v) is 3.51. The van der Waals surface area contributed by atoms with Gasteiger partial charge in [-0.25, -0.2) is 4.79 Å². The van der Waals surface area contributed by atoms with Crippen LogP contribution in [0.4, 0.5) is 5.69 Å². The highest BCUT2D eigenvalue weighted by molar-refractivity contribution is 5.96. The first-order valence-electron chi connectivity index (χ1n) is 7.45. The first-order chi connectivity index (χ1) is 11.4. The quantitative estimate of drug-likeness (QED) is 0.876. The predicted molar refractivity (Wildman–Crippen MR) is 90.7 cm³/mol. The van der Waals surface area contributed by atoms with Crippen molar-refractivity contribution in [3.05, 3.63) is 64.2 Å². The second-order valence-electron chi connectivity index (χ2n) is 5.59. The molecule has 0 aromatic heterocycles. The number of nitriles is 1. The highest BCUT2D eigenvalue weighted by Gasteiger charge is 2.15. The number of rotatable bonds is 4. The van der Waals surface area contributed by atoms with Crippen LogP contribution in [0.1, 0.15) is 32.6 Å². The van der Waals surface area contributed by atoms with Crippen molar-refractivity contribution in [3.8, 4) is 6.07 Å². The Bertz CT molecular complexity index is 794. The minimum absolute atomic E-state index is 0.369. The van der Waals surface area contributed by atoms with Crippen molar-refractivity contribution in [1.29, 1.82) is 5.26 Å². The highest BCUT2D eigenvalue weighted by atomic mass is 16.5. The number of carbonyl (C=O) groups is 2. The molecule has 0 aliphatic heterocycles. The molecule has 0 aliphatic rings. The third kappa shape index (κ3) is 4.20. The molecule has 5 nitrogen and oxygen atoms in total. The van der Waals surface area contributed by atoms with Gasteiger partial charge >= 0.3 is 5.97 Å². The molecule has 0 heterocycles. The molecule has 1 N–H and O–H groups in total. The van der Waals surface area contributed by atoms with Crippen LogP contribution >= 0.6 is 0 Å². The van der Waals surface area contributed by atoms with Crippen LogP contribution in [-0.4, -0.2) is 18.5 Å². The molecule has 1 amide bonds. The van der Waals surface area contributed by atoms with Gasteiger partial charge in [0.05, 0.1) is 17.2 Å². The normalized spacial score (nSPS) is 9.92. The zero-order valence-electron chi connectivity index (χ0n) is 13.8. The Hall–Kier alpha value is -3.13. The van der Waals surface area contributed by atoms with E-state index in [0.717, 1.165) is 16.7 Å². The minimum Gasteiger partial charge on any atom is -0.452 e. The van der Waals surface area contributed by atoms with Crippen molar-refractivity contribution < 1.29 is 14.3 Å². The van der Waals surface area contributed by atoms with Crippen LogP contribution in [0.2, 0.25) is 0 Å². The van der Waals surface area contributed by atoms with E-state index < -0.39 is 11.9 Å². The molecule has 24 heavy (non-hydrogen) atoms. The summed E-state index contributed by atoms with van der Waals surface area (Å²) in [5.41, 5.74) is 4.25. The van der Waals surface area contributed by atoms with Gasteiger partial charge in [0.25, 0.3) is 5.91 Å². The van der Waals surface area contributed by atoms with Gasteiger partial charge in [0.1, 0.15) is 0 Å². The minimum atomic E-state index is -0.514. The molecule has 0 saturated heterocycles. The molecule has 0 unspecified atom stereocenters. The van der Waals surface area contributed by atoms with Crippen LogP contribution in [0, 0.1) is 32.1 Å². The van der Waals surface area contributed by atoms with Gasteiger partial charge in [0.15, 0.2) is 6.61 Å². The van der Waals surface area contributed by atoms with Crippen molar-refractivity contribution >= 4 is 17.6 Å². The molecule has 0 fully saturated rings. The summed E-state index contributed by atoms with van der Waals surface area (Å²) >= 11 is 0. The van der Waals surface area contributed by atoms with E-state index in [0.29, 0.717) is 16.8 Å². The van der Waals surface area contributed by atoms with E-state index in [2.05, 4.69) is 5.32 Å². The van der Waals surface area contributed by atoms with E-state index in [4.69, 9.17) is 10.00 Å². The number of amides is 1. The number of hydrogen-bond donors (Lipinski definition) is 1. The monoisotopic (exact) mass is 322 g/mol. The third-order valence-electron chi connectivity index (χ3n) is 3.51. The first-order valence-corrected chi connectivity index (χ1v) is 7.45. The summed E-state index contributed by atoms with van der Waals surface area (Å²) in [6.45, 7) is 5.27.